The number of rotatable bonds is 5. The fourth-order valence-corrected chi connectivity index (χ4v) is 3.13. The van der Waals surface area contributed by atoms with Crippen LogP contribution in [0.15, 0.2) is 35.4 Å². The molecule has 1 aliphatic carbocycles. The van der Waals surface area contributed by atoms with E-state index in [9.17, 15) is 9.18 Å². The highest BCUT2D eigenvalue weighted by Gasteiger charge is 2.27. The van der Waals surface area contributed by atoms with E-state index in [1.54, 1.807) is 32.2 Å². The summed E-state index contributed by atoms with van der Waals surface area (Å²) < 4.78 is 19.8. The Balaban J connectivity index is 2.14. The number of nitrogens with zero attached hydrogens (tertiary/aromatic N) is 2. The smallest absolute Gasteiger partial charge is 0.223 e. The summed E-state index contributed by atoms with van der Waals surface area (Å²) >= 11 is 0. The van der Waals surface area contributed by atoms with Gasteiger partial charge in [-0.25, -0.2) is 4.39 Å². The van der Waals surface area contributed by atoms with Gasteiger partial charge in [-0.05, 0) is 38.0 Å². The SMILES string of the molecule is COC1=CCC=CC(F)=C1CN1CCCCC1CC(=O)N(C)C. The molecule has 2 rings (SSSR count). The minimum Gasteiger partial charge on any atom is -0.497 e. The minimum atomic E-state index is -0.237. The average Bonchev–Trinajstić information content (AvgIpc) is 2.71. The second-order valence-electron chi connectivity index (χ2n) is 6.35. The molecule has 0 aromatic carbocycles. The maximum atomic E-state index is 14.4. The van der Waals surface area contributed by atoms with Gasteiger partial charge in [0.15, 0.2) is 0 Å². The van der Waals surface area contributed by atoms with Crippen LogP contribution < -0.4 is 0 Å². The first-order valence-corrected chi connectivity index (χ1v) is 8.26. The van der Waals surface area contributed by atoms with Gasteiger partial charge in [0.25, 0.3) is 0 Å². The lowest BCUT2D eigenvalue weighted by Gasteiger charge is -2.36. The molecule has 128 valence electrons. The van der Waals surface area contributed by atoms with Crippen LogP contribution in [-0.2, 0) is 9.53 Å². The fourth-order valence-electron chi connectivity index (χ4n) is 3.13. The largest absolute Gasteiger partial charge is 0.497 e. The number of allylic oxidation sites excluding steroid dienone is 4. The molecule has 1 unspecified atom stereocenters. The molecule has 2 aliphatic rings. The summed E-state index contributed by atoms with van der Waals surface area (Å²) in [6, 6.07) is 0.171. The first-order chi connectivity index (χ1) is 11.0. The van der Waals surface area contributed by atoms with Crippen LogP contribution >= 0.6 is 0 Å². The number of ether oxygens (including phenoxy) is 1. The topological polar surface area (TPSA) is 32.8 Å². The van der Waals surface area contributed by atoms with Gasteiger partial charge in [0.05, 0.1) is 7.11 Å². The van der Waals surface area contributed by atoms with Crippen LogP contribution in [0.4, 0.5) is 4.39 Å². The summed E-state index contributed by atoms with van der Waals surface area (Å²) in [6.45, 7) is 1.38. The van der Waals surface area contributed by atoms with Gasteiger partial charge < -0.3 is 9.64 Å². The molecule has 1 atom stereocenters. The lowest BCUT2D eigenvalue weighted by Crippen LogP contribution is -2.43. The first-order valence-electron chi connectivity index (χ1n) is 8.26. The number of methoxy groups -OCH3 is 1. The van der Waals surface area contributed by atoms with Crippen LogP contribution in [0.3, 0.4) is 0 Å². The van der Waals surface area contributed by atoms with E-state index in [2.05, 4.69) is 4.90 Å². The van der Waals surface area contributed by atoms with Crippen LogP contribution in [0.2, 0.25) is 0 Å². The second kappa shape index (κ2) is 8.29. The maximum absolute atomic E-state index is 14.4. The summed E-state index contributed by atoms with van der Waals surface area (Å²) in [5, 5.41) is 0. The number of likely N-dealkylation sites (tertiary alicyclic amines) is 1. The zero-order valence-electron chi connectivity index (χ0n) is 14.3. The second-order valence-corrected chi connectivity index (χ2v) is 6.35. The molecule has 5 heteroatoms. The normalized spacial score (nSPS) is 22.6. The molecule has 0 aromatic heterocycles. The number of halogens is 1. The molecule has 1 heterocycles. The number of hydrogen-bond acceptors (Lipinski definition) is 3. The van der Waals surface area contributed by atoms with Crippen molar-refractivity contribution in [1.29, 1.82) is 0 Å². The Morgan fingerprint density at radius 1 is 1.43 bits per heavy atom. The lowest BCUT2D eigenvalue weighted by molar-refractivity contribution is -0.130. The zero-order valence-corrected chi connectivity index (χ0v) is 14.3. The van der Waals surface area contributed by atoms with Crippen LogP contribution in [0, 0.1) is 0 Å². The van der Waals surface area contributed by atoms with Crippen molar-refractivity contribution in [3.8, 4) is 0 Å². The summed E-state index contributed by atoms with van der Waals surface area (Å²) in [4.78, 5) is 15.9. The molecular formula is C18H27FN2O2. The Labute approximate surface area is 138 Å². The highest BCUT2D eigenvalue weighted by molar-refractivity contribution is 5.76. The van der Waals surface area contributed by atoms with Crippen molar-refractivity contribution in [3.63, 3.8) is 0 Å². The van der Waals surface area contributed by atoms with E-state index in [4.69, 9.17) is 4.74 Å². The highest BCUT2D eigenvalue weighted by Crippen LogP contribution is 2.27. The van der Waals surface area contributed by atoms with Crippen molar-refractivity contribution in [1.82, 2.24) is 9.80 Å². The monoisotopic (exact) mass is 322 g/mol. The lowest BCUT2D eigenvalue weighted by atomic mass is 9.97. The number of carbonyl (C=O) groups is 1. The van der Waals surface area contributed by atoms with E-state index in [-0.39, 0.29) is 17.8 Å². The van der Waals surface area contributed by atoms with Gasteiger partial charge in [0.1, 0.15) is 11.6 Å². The Kier molecular flexibility index (Phi) is 6.39. The Morgan fingerprint density at radius 3 is 2.91 bits per heavy atom. The third kappa shape index (κ3) is 4.67. The Bertz CT molecular complexity index is 523. The van der Waals surface area contributed by atoms with Crippen molar-refractivity contribution in [3.05, 3.63) is 35.4 Å². The standard InChI is InChI=1S/C18H27FN2O2/c1-20(2)18(22)12-14-8-6-7-11-21(14)13-15-16(19)9-4-5-10-17(15)23-3/h4,9-10,14H,5-8,11-13H2,1-3H3. The molecule has 0 bridgehead atoms. The third-order valence-electron chi connectivity index (χ3n) is 4.53. The molecule has 0 aromatic rings. The summed E-state index contributed by atoms with van der Waals surface area (Å²) in [6.07, 6.45) is 9.57. The number of carbonyl (C=O) groups excluding carboxylic acids is 1. The molecule has 1 saturated heterocycles. The highest BCUT2D eigenvalue weighted by atomic mass is 19.1. The van der Waals surface area contributed by atoms with Crippen LogP contribution in [0.5, 0.6) is 0 Å². The Hall–Kier alpha value is -1.62. The van der Waals surface area contributed by atoms with Crippen molar-refractivity contribution in [2.45, 2.75) is 38.1 Å². The molecule has 0 radical (unpaired) electrons. The van der Waals surface area contributed by atoms with E-state index in [1.165, 1.54) is 6.08 Å². The van der Waals surface area contributed by atoms with Gasteiger partial charge >= 0.3 is 0 Å². The van der Waals surface area contributed by atoms with Gasteiger partial charge in [-0.2, -0.15) is 0 Å². The van der Waals surface area contributed by atoms with E-state index in [0.717, 1.165) is 25.8 Å². The zero-order chi connectivity index (χ0) is 16.8. The number of hydrogen-bond donors (Lipinski definition) is 0. The molecule has 0 saturated carbocycles. The number of amides is 1. The molecule has 1 amide bonds. The molecule has 1 aliphatic heterocycles. The van der Waals surface area contributed by atoms with Gasteiger partial charge in [0.2, 0.25) is 5.91 Å². The van der Waals surface area contributed by atoms with E-state index in [0.29, 0.717) is 30.7 Å². The van der Waals surface area contributed by atoms with Gasteiger partial charge in [-0.15, -0.1) is 0 Å². The summed E-state index contributed by atoms with van der Waals surface area (Å²) in [7, 11) is 5.13. The molecule has 23 heavy (non-hydrogen) atoms. The van der Waals surface area contributed by atoms with Gasteiger partial charge in [-0.3, -0.25) is 9.69 Å². The molecule has 0 N–H and O–H groups in total. The molecule has 1 fully saturated rings. The van der Waals surface area contributed by atoms with Crippen molar-refractivity contribution in [2.75, 3.05) is 34.3 Å². The molecule has 0 spiro atoms. The van der Waals surface area contributed by atoms with Gasteiger partial charge in [-0.1, -0.05) is 12.5 Å². The first kappa shape index (κ1) is 17.7. The quantitative estimate of drug-likeness (QED) is 0.780. The van der Waals surface area contributed by atoms with E-state index in [1.807, 2.05) is 6.08 Å². The predicted molar refractivity (Wildman–Crippen MR) is 89.5 cm³/mol. The molecular weight excluding hydrogens is 295 g/mol. The average molecular weight is 322 g/mol. The van der Waals surface area contributed by atoms with Crippen LogP contribution in [-0.4, -0.2) is 56.0 Å². The third-order valence-corrected chi connectivity index (χ3v) is 4.53. The van der Waals surface area contributed by atoms with E-state index >= 15 is 0 Å². The predicted octanol–water partition coefficient (Wildman–Crippen LogP) is 3.03. The summed E-state index contributed by atoms with van der Waals surface area (Å²) in [5.41, 5.74) is 0.588. The van der Waals surface area contributed by atoms with Crippen molar-refractivity contribution < 1.29 is 13.9 Å². The van der Waals surface area contributed by atoms with Gasteiger partial charge in [0, 0.05) is 38.7 Å². The Morgan fingerprint density at radius 2 is 2.22 bits per heavy atom. The van der Waals surface area contributed by atoms with Crippen LogP contribution in [0.25, 0.3) is 0 Å². The summed E-state index contributed by atoms with van der Waals surface area (Å²) in [5.74, 6) is 0.495. The van der Waals surface area contributed by atoms with Crippen molar-refractivity contribution in [2.24, 2.45) is 0 Å². The minimum absolute atomic E-state index is 0.125. The number of piperidine rings is 1. The fraction of sp³-hybridized carbons (Fsp3) is 0.611. The van der Waals surface area contributed by atoms with E-state index < -0.39 is 0 Å². The van der Waals surface area contributed by atoms with Crippen LogP contribution in [0.1, 0.15) is 32.1 Å². The molecule has 4 nitrogen and oxygen atoms in total. The maximum Gasteiger partial charge on any atom is 0.223 e. The van der Waals surface area contributed by atoms with Crippen molar-refractivity contribution >= 4 is 5.91 Å².